The number of alkyl carbamates (subject to hydrolysis) is 1. The van der Waals surface area contributed by atoms with E-state index in [1.165, 1.54) is 6.92 Å². The van der Waals surface area contributed by atoms with Crippen LogP contribution in [0.2, 0.25) is 0 Å². The number of nitrogens with one attached hydrogen (secondary N) is 4. The minimum Gasteiger partial charge on any atom is -0.444 e. The van der Waals surface area contributed by atoms with E-state index >= 15 is 0 Å². The molecule has 182 valence electrons. The van der Waals surface area contributed by atoms with E-state index in [4.69, 9.17) is 4.74 Å². The maximum absolute atomic E-state index is 12.5. The minimum atomic E-state index is -0.568. The second-order valence-electron chi connectivity index (χ2n) is 9.10. The molecule has 10 nitrogen and oxygen atoms in total. The lowest BCUT2D eigenvalue weighted by molar-refractivity contribution is -0.127. The predicted molar refractivity (Wildman–Crippen MR) is 126 cm³/mol. The number of likely N-dealkylation sites (tertiary alicyclic amines) is 1. The summed E-state index contributed by atoms with van der Waals surface area (Å²) in [5, 5.41) is 11.0. The Balaban J connectivity index is 1.71. The van der Waals surface area contributed by atoms with Gasteiger partial charge in [0.1, 0.15) is 5.60 Å². The molecular formula is C23H35N5O5. The van der Waals surface area contributed by atoms with E-state index in [1.54, 1.807) is 45.0 Å². The molecule has 0 aromatic heterocycles. The molecule has 1 aliphatic heterocycles. The Hall–Kier alpha value is -3.14. The van der Waals surface area contributed by atoms with Gasteiger partial charge in [0.2, 0.25) is 17.7 Å². The summed E-state index contributed by atoms with van der Waals surface area (Å²) in [5.41, 5.74) is 0.728. The summed E-state index contributed by atoms with van der Waals surface area (Å²) in [6, 6.07) is 6.88. The van der Waals surface area contributed by atoms with Crippen LogP contribution in [-0.2, 0) is 19.1 Å². The third-order valence-electron chi connectivity index (χ3n) is 4.82. The van der Waals surface area contributed by atoms with Gasteiger partial charge in [0.25, 0.3) is 0 Å². The maximum atomic E-state index is 12.5. The Morgan fingerprint density at radius 1 is 1.00 bits per heavy atom. The number of hydrogen-bond donors (Lipinski definition) is 4. The number of carbonyl (C=O) groups excluding carboxylic acids is 4. The summed E-state index contributed by atoms with van der Waals surface area (Å²) in [6.45, 7) is 8.82. The van der Waals surface area contributed by atoms with Crippen molar-refractivity contribution in [2.75, 3.05) is 43.4 Å². The molecule has 0 bridgehead atoms. The molecule has 1 saturated heterocycles. The third kappa shape index (κ3) is 10.3. The van der Waals surface area contributed by atoms with Gasteiger partial charge >= 0.3 is 6.09 Å². The van der Waals surface area contributed by atoms with Crippen LogP contribution in [0.3, 0.4) is 0 Å². The highest BCUT2D eigenvalue weighted by molar-refractivity contribution is 5.93. The van der Waals surface area contributed by atoms with E-state index in [0.717, 1.165) is 19.4 Å². The number of amides is 4. The zero-order valence-electron chi connectivity index (χ0n) is 19.8. The molecule has 1 aromatic rings. The van der Waals surface area contributed by atoms with E-state index in [1.807, 2.05) is 4.90 Å². The molecule has 4 N–H and O–H groups in total. The Morgan fingerprint density at radius 3 is 2.21 bits per heavy atom. The van der Waals surface area contributed by atoms with Crippen molar-refractivity contribution in [1.29, 1.82) is 0 Å². The van der Waals surface area contributed by atoms with E-state index in [-0.39, 0.29) is 36.7 Å². The van der Waals surface area contributed by atoms with Gasteiger partial charge < -0.3 is 26.0 Å². The van der Waals surface area contributed by atoms with E-state index < -0.39 is 11.7 Å². The van der Waals surface area contributed by atoms with Crippen molar-refractivity contribution in [3.8, 4) is 0 Å². The van der Waals surface area contributed by atoms with Crippen LogP contribution in [0.25, 0.3) is 0 Å². The zero-order valence-corrected chi connectivity index (χ0v) is 19.8. The summed E-state index contributed by atoms with van der Waals surface area (Å²) in [5.74, 6) is -0.607. The number of nitrogens with zero attached hydrogens (tertiary/aromatic N) is 1. The lowest BCUT2D eigenvalue weighted by atomic mass is 9.97. The molecule has 33 heavy (non-hydrogen) atoms. The maximum Gasteiger partial charge on any atom is 0.407 e. The van der Waals surface area contributed by atoms with Crippen LogP contribution in [0, 0.1) is 5.92 Å². The van der Waals surface area contributed by atoms with Gasteiger partial charge in [-0.3, -0.25) is 19.3 Å². The molecule has 0 spiro atoms. The van der Waals surface area contributed by atoms with Crippen molar-refractivity contribution >= 4 is 35.2 Å². The van der Waals surface area contributed by atoms with Crippen LogP contribution < -0.4 is 21.3 Å². The smallest absolute Gasteiger partial charge is 0.407 e. The van der Waals surface area contributed by atoms with E-state index in [9.17, 15) is 19.2 Å². The lowest BCUT2D eigenvalue weighted by Crippen LogP contribution is -2.46. The van der Waals surface area contributed by atoms with E-state index in [0.29, 0.717) is 24.5 Å². The highest BCUT2D eigenvalue weighted by atomic mass is 16.6. The average molecular weight is 462 g/mol. The molecule has 10 heteroatoms. The first-order valence-electron chi connectivity index (χ1n) is 11.2. The normalized spacial score (nSPS) is 16.4. The van der Waals surface area contributed by atoms with Gasteiger partial charge in [0.05, 0.1) is 12.5 Å². The molecule has 1 atom stereocenters. The number of benzene rings is 1. The SMILES string of the molecule is CC(=O)Nc1ccc(NC(=O)CN2CCCC(C(=O)NCCNC(=O)OC(C)(C)C)C2)cc1. The molecule has 1 aromatic carbocycles. The first kappa shape index (κ1) is 26.1. The molecule has 1 unspecified atom stereocenters. The van der Waals surface area contributed by atoms with Crippen LogP contribution in [0.4, 0.5) is 16.2 Å². The molecule has 0 saturated carbocycles. The summed E-state index contributed by atoms with van der Waals surface area (Å²) in [7, 11) is 0. The highest BCUT2D eigenvalue weighted by Gasteiger charge is 2.26. The Labute approximate surface area is 194 Å². The van der Waals surface area contributed by atoms with Gasteiger partial charge in [-0.25, -0.2) is 4.79 Å². The quantitative estimate of drug-likeness (QED) is 0.438. The second kappa shape index (κ2) is 12.2. The summed E-state index contributed by atoms with van der Waals surface area (Å²) in [4.78, 5) is 49.6. The zero-order chi connectivity index (χ0) is 24.4. The lowest BCUT2D eigenvalue weighted by Gasteiger charge is -2.31. The van der Waals surface area contributed by atoms with Crippen molar-refractivity contribution in [2.24, 2.45) is 5.92 Å². The Kier molecular flexibility index (Phi) is 9.65. The van der Waals surface area contributed by atoms with Crippen molar-refractivity contribution < 1.29 is 23.9 Å². The van der Waals surface area contributed by atoms with Crippen molar-refractivity contribution in [1.82, 2.24) is 15.5 Å². The van der Waals surface area contributed by atoms with Gasteiger partial charge in [-0.15, -0.1) is 0 Å². The van der Waals surface area contributed by atoms with E-state index in [2.05, 4.69) is 21.3 Å². The van der Waals surface area contributed by atoms with Crippen molar-refractivity contribution in [2.45, 2.75) is 46.1 Å². The number of rotatable bonds is 8. The van der Waals surface area contributed by atoms with Crippen LogP contribution in [0.1, 0.15) is 40.5 Å². The number of ether oxygens (including phenoxy) is 1. The second-order valence-corrected chi connectivity index (χ2v) is 9.10. The summed E-state index contributed by atoms with van der Waals surface area (Å²) >= 11 is 0. The molecule has 4 amide bonds. The van der Waals surface area contributed by atoms with Crippen LogP contribution >= 0.6 is 0 Å². The standard InChI is InChI=1S/C23H35N5O5/c1-16(29)26-18-7-9-19(10-8-18)27-20(30)15-28-13-5-6-17(14-28)21(31)24-11-12-25-22(32)33-23(2,3)4/h7-10,17H,5-6,11-15H2,1-4H3,(H,24,31)(H,25,32)(H,26,29)(H,27,30). The fourth-order valence-electron chi connectivity index (χ4n) is 3.47. The molecule has 2 rings (SSSR count). The van der Waals surface area contributed by atoms with Gasteiger partial charge in [-0.1, -0.05) is 0 Å². The minimum absolute atomic E-state index is 0.0837. The Morgan fingerprint density at radius 2 is 1.61 bits per heavy atom. The van der Waals surface area contributed by atoms with Crippen LogP contribution in [-0.4, -0.2) is 67.0 Å². The van der Waals surface area contributed by atoms with Gasteiger partial charge in [0.15, 0.2) is 0 Å². The van der Waals surface area contributed by atoms with Crippen LogP contribution in [0.5, 0.6) is 0 Å². The first-order chi connectivity index (χ1) is 15.5. The van der Waals surface area contributed by atoms with Crippen molar-refractivity contribution in [3.63, 3.8) is 0 Å². The fraction of sp³-hybridized carbons (Fsp3) is 0.565. The molecule has 1 aliphatic rings. The number of piperidine rings is 1. The molecule has 0 aliphatic carbocycles. The molecule has 1 fully saturated rings. The number of carbonyl (C=O) groups is 4. The fourth-order valence-corrected chi connectivity index (χ4v) is 3.47. The first-order valence-corrected chi connectivity index (χ1v) is 11.2. The number of anilines is 2. The molecule has 1 heterocycles. The Bertz CT molecular complexity index is 835. The topological polar surface area (TPSA) is 129 Å². The van der Waals surface area contributed by atoms with Gasteiger partial charge in [-0.05, 0) is 64.4 Å². The highest BCUT2D eigenvalue weighted by Crippen LogP contribution is 2.17. The molecule has 0 radical (unpaired) electrons. The third-order valence-corrected chi connectivity index (χ3v) is 4.82. The molecular weight excluding hydrogens is 426 g/mol. The largest absolute Gasteiger partial charge is 0.444 e. The van der Waals surface area contributed by atoms with Gasteiger partial charge in [-0.2, -0.15) is 0 Å². The van der Waals surface area contributed by atoms with Crippen LogP contribution in [0.15, 0.2) is 24.3 Å². The average Bonchev–Trinajstić information content (AvgIpc) is 2.71. The summed E-state index contributed by atoms with van der Waals surface area (Å²) < 4.78 is 5.15. The monoisotopic (exact) mass is 461 g/mol. The summed E-state index contributed by atoms with van der Waals surface area (Å²) in [6.07, 6.45) is 1.07. The van der Waals surface area contributed by atoms with Gasteiger partial charge in [0, 0.05) is 37.9 Å². The predicted octanol–water partition coefficient (Wildman–Crippen LogP) is 1.94. The number of hydrogen-bond acceptors (Lipinski definition) is 6. The van der Waals surface area contributed by atoms with Crippen molar-refractivity contribution in [3.05, 3.63) is 24.3 Å².